The molecule has 6 nitrogen and oxygen atoms in total. The summed E-state index contributed by atoms with van der Waals surface area (Å²) in [7, 11) is 0. The highest BCUT2D eigenvalue weighted by atomic mass is 32.1. The number of rotatable bonds is 7. The average Bonchev–Trinajstić information content (AvgIpc) is 3.08. The second-order valence-electron chi connectivity index (χ2n) is 8.47. The molecule has 3 aromatic rings. The molecule has 3 heterocycles. The van der Waals surface area contributed by atoms with Crippen molar-refractivity contribution in [1.82, 2.24) is 9.13 Å². The average molecular weight is 429 g/mol. The molecule has 0 unspecified atom stereocenters. The van der Waals surface area contributed by atoms with E-state index in [1.54, 1.807) is 4.57 Å². The number of ether oxygens (including phenoxy) is 1. The number of benzene rings is 1. The van der Waals surface area contributed by atoms with E-state index in [9.17, 15) is 14.7 Å². The molecule has 0 saturated heterocycles. The summed E-state index contributed by atoms with van der Waals surface area (Å²) in [6.45, 7) is 5.25. The van der Waals surface area contributed by atoms with Crippen LogP contribution in [0.1, 0.15) is 42.7 Å². The van der Waals surface area contributed by atoms with Gasteiger partial charge in [0.25, 0.3) is 5.56 Å². The molecular formula is C23H28N2O4S. The molecule has 0 radical (unpaired) electrons. The highest BCUT2D eigenvalue weighted by Crippen LogP contribution is 2.37. The standard InChI is InChI=1S/C23H28N2O4S/c1-23(2)14-17-18(15-29-23)30-21-19(17)20(27)24(12-7-13-26)22(28)25(21)11-6-10-16-8-4-3-5-9-16/h3-5,8-9,26H,6-7,10-15H2,1-2H3. The third kappa shape index (κ3) is 4.02. The van der Waals surface area contributed by atoms with Crippen LogP contribution in [0.3, 0.4) is 0 Å². The van der Waals surface area contributed by atoms with Crippen molar-refractivity contribution in [1.29, 1.82) is 0 Å². The predicted octanol–water partition coefficient (Wildman–Crippen LogP) is 3.09. The van der Waals surface area contributed by atoms with Gasteiger partial charge < -0.3 is 9.84 Å². The number of aliphatic hydroxyl groups is 1. The van der Waals surface area contributed by atoms with E-state index in [0.29, 0.717) is 31.4 Å². The summed E-state index contributed by atoms with van der Waals surface area (Å²) in [4.78, 5) is 28.3. The van der Waals surface area contributed by atoms with Crippen molar-refractivity contribution in [3.05, 3.63) is 67.2 Å². The molecule has 30 heavy (non-hydrogen) atoms. The number of thiophene rings is 1. The zero-order valence-electron chi connectivity index (χ0n) is 17.5. The summed E-state index contributed by atoms with van der Waals surface area (Å²) in [6.07, 6.45) is 2.71. The molecule has 7 heteroatoms. The number of aryl methyl sites for hydroxylation is 2. The quantitative estimate of drug-likeness (QED) is 0.628. The summed E-state index contributed by atoms with van der Waals surface area (Å²) in [5.41, 5.74) is 1.39. The maximum absolute atomic E-state index is 13.3. The van der Waals surface area contributed by atoms with Crippen LogP contribution in [0.15, 0.2) is 39.9 Å². The van der Waals surface area contributed by atoms with Crippen LogP contribution in [0.25, 0.3) is 10.2 Å². The van der Waals surface area contributed by atoms with Crippen LogP contribution >= 0.6 is 11.3 Å². The van der Waals surface area contributed by atoms with E-state index in [2.05, 4.69) is 12.1 Å². The smallest absolute Gasteiger partial charge is 0.332 e. The van der Waals surface area contributed by atoms with Gasteiger partial charge in [0.2, 0.25) is 0 Å². The van der Waals surface area contributed by atoms with E-state index >= 15 is 0 Å². The van der Waals surface area contributed by atoms with Gasteiger partial charge in [-0.05, 0) is 44.2 Å². The minimum Gasteiger partial charge on any atom is -0.396 e. The van der Waals surface area contributed by atoms with Crippen molar-refractivity contribution in [2.45, 2.75) is 64.8 Å². The van der Waals surface area contributed by atoms with Crippen LogP contribution in [0.2, 0.25) is 0 Å². The molecule has 1 aromatic carbocycles. The van der Waals surface area contributed by atoms with Gasteiger partial charge in [0.15, 0.2) is 0 Å². The second-order valence-corrected chi connectivity index (χ2v) is 9.55. The van der Waals surface area contributed by atoms with E-state index < -0.39 is 0 Å². The normalized spacial score (nSPS) is 15.4. The van der Waals surface area contributed by atoms with Gasteiger partial charge in [0.1, 0.15) is 4.83 Å². The molecule has 0 aliphatic carbocycles. The number of hydrogen-bond acceptors (Lipinski definition) is 5. The Balaban J connectivity index is 1.78. The summed E-state index contributed by atoms with van der Waals surface area (Å²) in [5.74, 6) is 0. The molecule has 0 spiro atoms. The van der Waals surface area contributed by atoms with Crippen molar-refractivity contribution in [2.75, 3.05) is 6.61 Å². The van der Waals surface area contributed by atoms with Crippen molar-refractivity contribution < 1.29 is 9.84 Å². The zero-order chi connectivity index (χ0) is 21.3. The lowest BCUT2D eigenvalue weighted by atomic mass is 9.94. The van der Waals surface area contributed by atoms with E-state index in [1.807, 2.05) is 32.0 Å². The van der Waals surface area contributed by atoms with Crippen LogP contribution in [-0.2, 0) is 37.3 Å². The number of nitrogens with zero attached hydrogens (tertiary/aromatic N) is 2. The summed E-state index contributed by atoms with van der Waals surface area (Å²) < 4.78 is 9.01. The van der Waals surface area contributed by atoms with Crippen molar-refractivity contribution >= 4 is 21.6 Å². The minimum absolute atomic E-state index is 0.0550. The molecule has 1 aliphatic heterocycles. The fourth-order valence-electron chi connectivity index (χ4n) is 4.11. The van der Waals surface area contributed by atoms with Gasteiger partial charge in [-0.3, -0.25) is 13.9 Å². The van der Waals surface area contributed by atoms with Crippen molar-refractivity contribution in [3.63, 3.8) is 0 Å². The van der Waals surface area contributed by atoms with Gasteiger partial charge in [-0.1, -0.05) is 30.3 Å². The number of hydrogen-bond donors (Lipinski definition) is 1. The van der Waals surface area contributed by atoms with Gasteiger partial charge in [-0.2, -0.15) is 0 Å². The van der Waals surface area contributed by atoms with Gasteiger partial charge in [-0.15, -0.1) is 11.3 Å². The summed E-state index contributed by atoms with van der Waals surface area (Å²) >= 11 is 1.51. The third-order valence-electron chi connectivity index (χ3n) is 5.66. The van der Waals surface area contributed by atoms with Crippen LogP contribution in [-0.4, -0.2) is 26.4 Å². The van der Waals surface area contributed by atoms with Crippen molar-refractivity contribution in [2.24, 2.45) is 0 Å². The van der Waals surface area contributed by atoms with Crippen LogP contribution in [0, 0.1) is 0 Å². The largest absolute Gasteiger partial charge is 0.396 e. The maximum Gasteiger partial charge on any atom is 0.332 e. The zero-order valence-corrected chi connectivity index (χ0v) is 18.3. The number of fused-ring (bicyclic) bond motifs is 3. The second kappa shape index (κ2) is 8.49. The SMILES string of the molecule is CC1(C)Cc2c(sc3c2c(=O)n(CCCO)c(=O)n3CCCc2ccccc2)CO1. The Morgan fingerprint density at radius 2 is 1.83 bits per heavy atom. The Morgan fingerprint density at radius 3 is 2.57 bits per heavy atom. The molecule has 1 N–H and O–H groups in total. The maximum atomic E-state index is 13.3. The van der Waals surface area contributed by atoms with Gasteiger partial charge in [0.05, 0.1) is 17.6 Å². The highest BCUT2D eigenvalue weighted by molar-refractivity contribution is 7.18. The Hall–Kier alpha value is -2.22. The Bertz CT molecular complexity index is 1160. The predicted molar refractivity (Wildman–Crippen MR) is 119 cm³/mol. The first-order valence-electron chi connectivity index (χ1n) is 10.5. The molecule has 1 aliphatic rings. The van der Waals surface area contributed by atoms with E-state index in [1.165, 1.54) is 21.5 Å². The van der Waals surface area contributed by atoms with Gasteiger partial charge in [0, 0.05) is 31.0 Å². The number of aromatic nitrogens is 2. The molecular weight excluding hydrogens is 400 g/mol. The highest BCUT2D eigenvalue weighted by Gasteiger charge is 2.31. The van der Waals surface area contributed by atoms with Crippen molar-refractivity contribution in [3.8, 4) is 0 Å². The Morgan fingerprint density at radius 1 is 1.10 bits per heavy atom. The lowest BCUT2D eigenvalue weighted by Crippen LogP contribution is -2.40. The first kappa shape index (κ1) is 21.0. The summed E-state index contributed by atoms with van der Waals surface area (Å²) in [5, 5.41) is 9.90. The fraction of sp³-hybridized carbons (Fsp3) is 0.478. The third-order valence-corrected chi connectivity index (χ3v) is 6.89. The topological polar surface area (TPSA) is 73.5 Å². The van der Waals surface area contributed by atoms with E-state index in [4.69, 9.17) is 4.74 Å². The molecule has 2 aromatic heterocycles. The van der Waals surface area contributed by atoms with Gasteiger partial charge in [-0.25, -0.2) is 4.79 Å². The number of aliphatic hydroxyl groups excluding tert-OH is 1. The lowest BCUT2D eigenvalue weighted by molar-refractivity contribution is -0.0379. The Labute approximate surface area is 179 Å². The summed E-state index contributed by atoms with van der Waals surface area (Å²) in [6, 6.07) is 10.2. The molecule has 160 valence electrons. The van der Waals surface area contributed by atoms with E-state index in [-0.39, 0.29) is 30.0 Å². The Kier molecular flexibility index (Phi) is 5.95. The van der Waals surface area contributed by atoms with Crippen LogP contribution in [0.5, 0.6) is 0 Å². The molecule has 0 amide bonds. The first-order valence-corrected chi connectivity index (χ1v) is 11.3. The molecule has 0 fully saturated rings. The van der Waals surface area contributed by atoms with Crippen LogP contribution < -0.4 is 11.2 Å². The van der Waals surface area contributed by atoms with Crippen LogP contribution in [0.4, 0.5) is 0 Å². The molecule has 4 rings (SSSR count). The fourth-order valence-corrected chi connectivity index (χ4v) is 5.35. The van der Waals surface area contributed by atoms with E-state index in [0.717, 1.165) is 28.1 Å². The first-order chi connectivity index (χ1) is 14.4. The molecule has 0 saturated carbocycles. The lowest BCUT2D eigenvalue weighted by Gasteiger charge is -2.29. The minimum atomic E-state index is -0.336. The monoisotopic (exact) mass is 428 g/mol. The molecule has 0 atom stereocenters. The van der Waals surface area contributed by atoms with Gasteiger partial charge >= 0.3 is 5.69 Å². The molecule has 0 bridgehead atoms.